The van der Waals surface area contributed by atoms with Crippen molar-refractivity contribution >= 4 is 23.0 Å². The van der Waals surface area contributed by atoms with E-state index in [0.717, 1.165) is 4.79 Å². The molecule has 0 unspecified atom stereocenters. The maximum absolute atomic E-state index is 12.1. The summed E-state index contributed by atoms with van der Waals surface area (Å²) in [7, 11) is 0. The molecule has 0 amide bonds. The highest BCUT2D eigenvalue weighted by atomic mass is 16.6. The molecule has 0 spiro atoms. The molecule has 0 aliphatic carbocycles. The molecule has 2 heterocycles. The van der Waals surface area contributed by atoms with E-state index < -0.39 is 10.5 Å². The zero-order valence-electron chi connectivity index (χ0n) is 11.2. The number of aromatic nitrogens is 4. The molecule has 0 atom stereocenters. The Bertz CT molecular complexity index is 958. The lowest BCUT2D eigenvalue weighted by Crippen LogP contribution is -2.20. The molecule has 10 heteroatoms. The van der Waals surface area contributed by atoms with Gasteiger partial charge >= 0.3 is 5.56 Å². The summed E-state index contributed by atoms with van der Waals surface area (Å²) in [5, 5.41) is 25.6. The molecule has 0 fully saturated rings. The predicted octanol–water partition coefficient (Wildman–Crippen LogP) is 0.878. The molecule has 0 saturated heterocycles. The van der Waals surface area contributed by atoms with Crippen LogP contribution in [0.25, 0.3) is 11.1 Å². The van der Waals surface area contributed by atoms with Gasteiger partial charge in [-0.3, -0.25) is 14.9 Å². The third-order valence-electron chi connectivity index (χ3n) is 2.86. The van der Waals surface area contributed by atoms with E-state index in [2.05, 4.69) is 20.6 Å². The maximum atomic E-state index is 12.1. The van der Waals surface area contributed by atoms with Gasteiger partial charge in [0.1, 0.15) is 5.39 Å². The molecule has 1 aromatic carbocycles. The molecule has 110 valence electrons. The fourth-order valence-electron chi connectivity index (χ4n) is 1.81. The van der Waals surface area contributed by atoms with Gasteiger partial charge in [-0.2, -0.15) is 5.10 Å². The van der Waals surface area contributed by atoms with Crippen LogP contribution in [0.3, 0.4) is 0 Å². The first-order valence-corrected chi connectivity index (χ1v) is 6.07. The fourth-order valence-corrected chi connectivity index (χ4v) is 1.81. The molecule has 2 aromatic heterocycles. The number of hydrogen-bond acceptors (Lipinski definition) is 8. The van der Waals surface area contributed by atoms with Crippen LogP contribution in [0, 0.1) is 17.0 Å². The lowest BCUT2D eigenvalue weighted by Gasteiger charge is -1.96. The van der Waals surface area contributed by atoms with Crippen LogP contribution < -0.4 is 5.56 Å². The van der Waals surface area contributed by atoms with Crippen LogP contribution in [-0.2, 0) is 0 Å². The SMILES string of the molecule is Cc1noc2nnn(/N=C/c3cccc([N+](=O)[O-])c3)c(=O)c12. The molecule has 0 saturated carbocycles. The van der Waals surface area contributed by atoms with Crippen molar-refractivity contribution in [1.82, 2.24) is 20.3 Å². The monoisotopic (exact) mass is 300 g/mol. The van der Waals surface area contributed by atoms with E-state index in [1.165, 1.54) is 24.4 Å². The Morgan fingerprint density at radius 2 is 2.27 bits per heavy atom. The summed E-state index contributed by atoms with van der Waals surface area (Å²) in [6, 6.07) is 5.81. The first-order chi connectivity index (χ1) is 10.6. The van der Waals surface area contributed by atoms with Gasteiger partial charge in [0.05, 0.1) is 16.8 Å². The summed E-state index contributed by atoms with van der Waals surface area (Å²) in [6.45, 7) is 1.60. The van der Waals surface area contributed by atoms with Crippen LogP contribution >= 0.6 is 0 Å². The van der Waals surface area contributed by atoms with Gasteiger partial charge in [0.25, 0.3) is 11.4 Å². The Balaban J connectivity index is 2.01. The van der Waals surface area contributed by atoms with Gasteiger partial charge in [-0.05, 0) is 12.1 Å². The van der Waals surface area contributed by atoms with E-state index in [-0.39, 0.29) is 16.8 Å². The van der Waals surface area contributed by atoms with Gasteiger partial charge in [-0.25, -0.2) is 0 Å². The fraction of sp³-hybridized carbons (Fsp3) is 0.0833. The quantitative estimate of drug-likeness (QED) is 0.398. The Kier molecular flexibility index (Phi) is 3.18. The maximum Gasteiger partial charge on any atom is 0.304 e. The number of fused-ring (bicyclic) bond motifs is 1. The van der Waals surface area contributed by atoms with Crippen molar-refractivity contribution in [3.8, 4) is 0 Å². The van der Waals surface area contributed by atoms with Crippen LogP contribution in [0.4, 0.5) is 5.69 Å². The lowest BCUT2D eigenvalue weighted by atomic mass is 10.2. The van der Waals surface area contributed by atoms with E-state index in [0.29, 0.717) is 11.3 Å². The number of nitrogens with zero attached hydrogens (tertiary/aromatic N) is 6. The van der Waals surface area contributed by atoms with Crippen molar-refractivity contribution < 1.29 is 9.45 Å². The first kappa shape index (κ1) is 13.5. The average Bonchev–Trinajstić information content (AvgIpc) is 2.89. The molecule has 0 aliphatic heterocycles. The second kappa shape index (κ2) is 5.16. The lowest BCUT2D eigenvalue weighted by molar-refractivity contribution is -0.384. The van der Waals surface area contributed by atoms with Crippen LogP contribution in [0.1, 0.15) is 11.3 Å². The Hall–Kier alpha value is -3.43. The molecular formula is C12H8N6O4. The Morgan fingerprint density at radius 3 is 3.05 bits per heavy atom. The molecule has 10 nitrogen and oxygen atoms in total. The minimum atomic E-state index is -0.537. The van der Waals surface area contributed by atoms with E-state index in [9.17, 15) is 14.9 Å². The minimum Gasteiger partial charge on any atom is -0.334 e. The molecule has 3 aromatic rings. The topological polar surface area (TPSA) is 129 Å². The molecular weight excluding hydrogens is 292 g/mol. The number of nitro groups is 1. The van der Waals surface area contributed by atoms with Gasteiger partial charge < -0.3 is 4.52 Å². The van der Waals surface area contributed by atoms with Gasteiger partial charge in [0, 0.05) is 17.7 Å². The van der Waals surface area contributed by atoms with Crippen molar-refractivity contribution in [2.45, 2.75) is 6.92 Å². The van der Waals surface area contributed by atoms with Crippen molar-refractivity contribution in [2.75, 3.05) is 0 Å². The Labute approximate surface area is 121 Å². The van der Waals surface area contributed by atoms with Gasteiger partial charge in [-0.15, -0.1) is 0 Å². The smallest absolute Gasteiger partial charge is 0.304 e. The van der Waals surface area contributed by atoms with E-state index in [4.69, 9.17) is 4.52 Å². The van der Waals surface area contributed by atoms with Gasteiger partial charge in [0.15, 0.2) is 0 Å². The van der Waals surface area contributed by atoms with Crippen LogP contribution in [0.15, 0.2) is 38.7 Å². The minimum absolute atomic E-state index is 0.0318. The van der Waals surface area contributed by atoms with E-state index in [1.54, 1.807) is 13.0 Å². The van der Waals surface area contributed by atoms with Crippen molar-refractivity contribution in [2.24, 2.45) is 5.10 Å². The standard InChI is InChI=1S/C12H8N6O4/c1-7-10-11(22-15-7)14-16-17(12(10)19)13-6-8-3-2-4-9(5-8)18(20)21/h2-6H,1H3/b13-6+. The second-order valence-corrected chi connectivity index (χ2v) is 4.33. The number of aryl methyl sites for hydroxylation is 1. The number of benzene rings is 1. The summed E-state index contributed by atoms with van der Waals surface area (Å²) >= 11 is 0. The third-order valence-corrected chi connectivity index (χ3v) is 2.86. The van der Waals surface area contributed by atoms with Crippen molar-refractivity contribution in [3.63, 3.8) is 0 Å². The number of nitro benzene ring substituents is 1. The van der Waals surface area contributed by atoms with Crippen molar-refractivity contribution in [1.29, 1.82) is 0 Å². The summed E-state index contributed by atoms with van der Waals surface area (Å²) in [5.74, 6) is 0. The van der Waals surface area contributed by atoms with Gasteiger partial charge in [-0.1, -0.05) is 27.2 Å². The number of non-ortho nitro benzene ring substituents is 1. The number of rotatable bonds is 3. The van der Waals surface area contributed by atoms with Crippen LogP contribution in [0.5, 0.6) is 0 Å². The Morgan fingerprint density at radius 1 is 1.45 bits per heavy atom. The zero-order chi connectivity index (χ0) is 15.7. The summed E-state index contributed by atoms with van der Waals surface area (Å²) < 4.78 is 4.83. The predicted molar refractivity (Wildman–Crippen MR) is 74.7 cm³/mol. The highest BCUT2D eigenvalue weighted by Crippen LogP contribution is 2.12. The third kappa shape index (κ3) is 2.32. The number of hydrogen-bond donors (Lipinski definition) is 0. The van der Waals surface area contributed by atoms with Crippen LogP contribution in [0.2, 0.25) is 0 Å². The highest BCUT2D eigenvalue weighted by Gasteiger charge is 2.12. The summed E-state index contributed by atoms with van der Waals surface area (Å²) in [6.07, 6.45) is 1.28. The van der Waals surface area contributed by atoms with Crippen LogP contribution in [-0.4, -0.2) is 31.4 Å². The largest absolute Gasteiger partial charge is 0.334 e. The first-order valence-electron chi connectivity index (χ1n) is 6.07. The van der Waals surface area contributed by atoms with E-state index in [1.807, 2.05) is 0 Å². The molecule has 0 bridgehead atoms. The molecule has 0 aliphatic rings. The molecule has 0 N–H and O–H groups in total. The molecule has 22 heavy (non-hydrogen) atoms. The normalized spacial score (nSPS) is 11.3. The zero-order valence-corrected chi connectivity index (χ0v) is 11.2. The van der Waals surface area contributed by atoms with Gasteiger partial charge in [0.2, 0.25) is 0 Å². The summed E-state index contributed by atoms with van der Waals surface area (Å²) in [5.41, 5.74) is 0.252. The average molecular weight is 300 g/mol. The second-order valence-electron chi connectivity index (χ2n) is 4.33. The molecule has 0 radical (unpaired) electrons. The summed E-state index contributed by atoms with van der Waals surface area (Å²) in [4.78, 5) is 23.1. The highest BCUT2D eigenvalue weighted by molar-refractivity contribution is 5.80. The van der Waals surface area contributed by atoms with E-state index >= 15 is 0 Å². The van der Waals surface area contributed by atoms with Crippen molar-refractivity contribution in [3.05, 3.63) is 56.0 Å². The molecule has 3 rings (SSSR count).